The van der Waals surface area contributed by atoms with Crippen LogP contribution in [0.1, 0.15) is 53.0 Å². The molecule has 1 saturated heterocycles. The van der Waals surface area contributed by atoms with Crippen LogP contribution in [0.5, 0.6) is 0 Å². The maximum Gasteiger partial charge on any atom is 0.243 e. The standard InChI is InChI=1S/C22H39N5O2S/c1-7-23-22(25-20-12-14-27(15-13-20)18(4)5)24-16-19-8-10-21(11-9-19)30(28,29)26(6)17(2)3/h8-11,17-18,20H,7,12-16H2,1-6H3,(H2,23,24,25). The van der Waals surface area contributed by atoms with Gasteiger partial charge in [-0.05, 0) is 65.2 Å². The molecule has 0 aromatic heterocycles. The lowest BCUT2D eigenvalue weighted by Gasteiger charge is -2.35. The zero-order valence-corrected chi connectivity index (χ0v) is 20.2. The van der Waals surface area contributed by atoms with Crippen molar-refractivity contribution in [1.82, 2.24) is 19.8 Å². The number of nitrogens with one attached hydrogen (secondary N) is 2. The van der Waals surface area contributed by atoms with Gasteiger partial charge in [0.25, 0.3) is 0 Å². The van der Waals surface area contributed by atoms with Gasteiger partial charge >= 0.3 is 0 Å². The zero-order chi connectivity index (χ0) is 22.3. The van der Waals surface area contributed by atoms with Gasteiger partial charge in [0.15, 0.2) is 5.96 Å². The van der Waals surface area contributed by atoms with Crippen LogP contribution in [-0.2, 0) is 16.6 Å². The van der Waals surface area contributed by atoms with Crippen molar-refractivity contribution in [3.8, 4) is 0 Å². The Bertz CT molecular complexity index is 782. The van der Waals surface area contributed by atoms with Crippen LogP contribution in [0.15, 0.2) is 34.2 Å². The molecule has 2 rings (SSSR count). The second kappa shape index (κ2) is 11.1. The third-order valence-electron chi connectivity index (χ3n) is 5.69. The summed E-state index contributed by atoms with van der Waals surface area (Å²) in [6.07, 6.45) is 2.22. The van der Waals surface area contributed by atoms with E-state index in [1.165, 1.54) is 4.31 Å². The van der Waals surface area contributed by atoms with Crippen LogP contribution >= 0.6 is 0 Å². The van der Waals surface area contributed by atoms with Crippen molar-refractivity contribution in [3.63, 3.8) is 0 Å². The maximum absolute atomic E-state index is 12.6. The van der Waals surface area contributed by atoms with E-state index in [9.17, 15) is 8.42 Å². The first kappa shape index (κ1) is 24.6. The SMILES string of the molecule is CCNC(=NCc1ccc(S(=O)(=O)N(C)C(C)C)cc1)NC1CCN(C(C)C)CC1. The number of nitrogens with zero attached hydrogens (tertiary/aromatic N) is 3. The molecule has 1 heterocycles. The van der Waals surface area contributed by atoms with Crippen molar-refractivity contribution >= 4 is 16.0 Å². The van der Waals surface area contributed by atoms with Crippen molar-refractivity contribution in [1.29, 1.82) is 0 Å². The summed E-state index contributed by atoms with van der Waals surface area (Å²) >= 11 is 0. The van der Waals surface area contributed by atoms with E-state index >= 15 is 0 Å². The fourth-order valence-corrected chi connectivity index (χ4v) is 4.82. The minimum Gasteiger partial charge on any atom is -0.357 e. The van der Waals surface area contributed by atoms with Crippen molar-refractivity contribution < 1.29 is 8.42 Å². The monoisotopic (exact) mass is 437 g/mol. The molecule has 1 aromatic rings. The largest absolute Gasteiger partial charge is 0.357 e. The number of hydrogen-bond acceptors (Lipinski definition) is 4. The Morgan fingerprint density at radius 3 is 2.27 bits per heavy atom. The average molecular weight is 438 g/mol. The van der Waals surface area contributed by atoms with Gasteiger partial charge in [-0.3, -0.25) is 0 Å². The highest BCUT2D eigenvalue weighted by Gasteiger charge is 2.23. The molecule has 170 valence electrons. The van der Waals surface area contributed by atoms with Gasteiger partial charge in [0.05, 0.1) is 11.4 Å². The maximum atomic E-state index is 12.6. The summed E-state index contributed by atoms with van der Waals surface area (Å²) in [5, 5.41) is 6.88. The molecule has 0 unspecified atom stereocenters. The Labute approximate surface area is 183 Å². The summed E-state index contributed by atoms with van der Waals surface area (Å²) in [7, 11) is -1.85. The summed E-state index contributed by atoms with van der Waals surface area (Å²) in [4.78, 5) is 7.53. The topological polar surface area (TPSA) is 77.0 Å². The highest BCUT2D eigenvalue weighted by Crippen LogP contribution is 2.17. The molecule has 7 nitrogen and oxygen atoms in total. The number of likely N-dealkylation sites (tertiary alicyclic amines) is 1. The number of piperidine rings is 1. The van der Waals surface area contributed by atoms with Crippen molar-refractivity contribution in [2.75, 3.05) is 26.7 Å². The van der Waals surface area contributed by atoms with Gasteiger partial charge in [0.1, 0.15) is 0 Å². The van der Waals surface area contributed by atoms with E-state index < -0.39 is 10.0 Å². The van der Waals surface area contributed by atoms with E-state index in [1.54, 1.807) is 19.2 Å². The molecule has 2 N–H and O–H groups in total. The number of rotatable bonds is 8. The Balaban J connectivity index is 1.99. The van der Waals surface area contributed by atoms with Gasteiger partial charge < -0.3 is 15.5 Å². The van der Waals surface area contributed by atoms with E-state index in [0.29, 0.717) is 23.5 Å². The second-order valence-electron chi connectivity index (χ2n) is 8.50. The average Bonchev–Trinajstić information content (AvgIpc) is 2.72. The molecule has 0 aliphatic carbocycles. The molecule has 1 fully saturated rings. The van der Waals surface area contributed by atoms with Crippen LogP contribution in [0.2, 0.25) is 0 Å². The predicted octanol–water partition coefficient (Wildman–Crippen LogP) is 2.64. The molecule has 8 heteroatoms. The molecule has 1 aliphatic rings. The van der Waals surface area contributed by atoms with Crippen molar-refractivity contribution in [2.45, 2.75) is 77.0 Å². The highest BCUT2D eigenvalue weighted by atomic mass is 32.2. The number of hydrogen-bond donors (Lipinski definition) is 2. The van der Waals surface area contributed by atoms with Crippen LogP contribution in [0.25, 0.3) is 0 Å². The normalized spacial score (nSPS) is 17.2. The smallest absolute Gasteiger partial charge is 0.243 e. The molecule has 1 aliphatic heterocycles. The number of sulfonamides is 1. The summed E-state index contributed by atoms with van der Waals surface area (Å²) in [5.74, 6) is 0.816. The number of aliphatic imine (C=N–C) groups is 1. The lowest BCUT2D eigenvalue weighted by Crippen LogP contribution is -2.49. The summed E-state index contributed by atoms with van der Waals surface area (Å²) < 4.78 is 26.6. The number of benzene rings is 1. The summed E-state index contributed by atoms with van der Waals surface area (Å²) in [5.41, 5.74) is 0.980. The third kappa shape index (κ3) is 6.68. The molecular weight excluding hydrogens is 398 g/mol. The van der Waals surface area contributed by atoms with Gasteiger partial charge in [-0.1, -0.05) is 12.1 Å². The molecule has 30 heavy (non-hydrogen) atoms. The zero-order valence-electron chi connectivity index (χ0n) is 19.4. The Morgan fingerprint density at radius 2 is 1.77 bits per heavy atom. The Kier molecular flexibility index (Phi) is 9.12. The van der Waals surface area contributed by atoms with Gasteiger partial charge in [0, 0.05) is 44.8 Å². The minimum absolute atomic E-state index is 0.0829. The lowest BCUT2D eigenvalue weighted by atomic mass is 10.0. The molecular formula is C22H39N5O2S. The van der Waals surface area contributed by atoms with Crippen LogP contribution in [0.4, 0.5) is 0 Å². The summed E-state index contributed by atoms with van der Waals surface area (Å²) in [6, 6.07) is 7.96. The fourth-order valence-electron chi connectivity index (χ4n) is 3.45. The first-order valence-corrected chi connectivity index (χ1v) is 12.4. The Hall–Kier alpha value is -1.64. The molecule has 0 radical (unpaired) electrons. The fraction of sp³-hybridized carbons (Fsp3) is 0.682. The highest BCUT2D eigenvalue weighted by molar-refractivity contribution is 7.89. The lowest BCUT2D eigenvalue weighted by molar-refractivity contribution is 0.167. The summed E-state index contributed by atoms with van der Waals surface area (Å²) in [6.45, 7) is 13.8. The van der Waals surface area contributed by atoms with E-state index in [0.717, 1.165) is 44.0 Å². The van der Waals surface area contributed by atoms with E-state index in [2.05, 4.69) is 36.3 Å². The van der Waals surface area contributed by atoms with Crippen molar-refractivity contribution in [2.24, 2.45) is 4.99 Å². The molecule has 0 atom stereocenters. The van der Waals surface area contributed by atoms with Crippen LogP contribution in [0, 0.1) is 0 Å². The van der Waals surface area contributed by atoms with Gasteiger partial charge in [0.2, 0.25) is 10.0 Å². The molecule has 1 aromatic carbocycles. The first-order valence-electron chi connectivity index (χ1n) is 11.0. The van der Waals surface area contributed by atoms with E-state index in [1.807, 2.05) is 26.0 Å². The van der Waals surface area contributed by atoms with E-state index in [4.69, 9.17) is 4.99 Å². The van der Waals surface area contributed by atoms with E-state index in [-0.39, 0.29) is 6.04 Å². The Morgan fingerprint density at radius 1 is 1.17 bits per heavy atom. The quantitative estimate of drug-likeness (QED) is 0.483. The van der Waals surface area contributed by atoms with Gasteiger partial charge in [-0.25, -0.2) is 13.4 Å². The minimum atomic E-state index is -3.46. The molecule has 0 spiro atoms. The van der Waals surface area contributed by atoms with Crippen molar-refractivity contribution in [3.05, 3.63) is 29.8 Å². The third-order valence-corrected chi connectivity index (χ3v) is 7.74. The van der Waals surface area contributed by atoms with Crippen LogP contribution in [0.3, 0.4) is 0 Å². The molecule has 0 saturated carbocycles. The van der Waals surface area contributed by atoms with Gasteiger partial charge in [-0.2, -0.15) is 4.31 Å². The van der Waals surface area contributed by atoms with Crippen LogP contribution in [-0.4, -0.2) is 68.4 Å². The predicted molar refractivity (Wildman–Crippen MR) is 124 cm³/mol. The van der Waals surface area contributed by atoms with Gasteiger partial charge in [-0.15, -0.1) is 0 Å². The molecule has 0 bridgehead atoms. The first-order chi connectivity index (χ1) is 14.1. The van der Waals surface area contributed by atoms with Crippen LogP contribution < -0.4 is 10.6 Å². The second-order valence-corrected chi connectivity index (χ2v) is 10.5. The molecule has 0 amide bonds. The number of guanidine groups is 1.